The van der Waals surface area contributed by atoms with Crippen molar-refractivity contribution in [3.63, 3.8) is 0 Å². The third kappa shape index (κ3) is 1.23. The minimum Gasteiger partial charge on any atom is -0.410 e. The van der Waals surface area contributed by atoms with Crippen molar-refractivity contribution >= 4 is 17.6 Å². The maximum atomic E-state index is 11.3. The van der Waals surface area contributed by atoms with Gasteiger partial charge in [-0.15, -0.1) is 0 Å². The van der Waals surface area contributed by atoms with E-state index in [-0.39, 0.29) is 11.5 Å². The summed E-state index contributed by atoms with van der Waals surface area (Å²) in [6, 6.07) is 5.63. The highest BCUT2D eigenvalue weighted by molar-refractivity contribution is 6.52. The maximum Gasteiger partial charge on any atom is 0.208 e. The molecule has 3 heteroatoms. The number of oxime groups is 1. The lowest BCUT2D eigenvalue weighted by molar-refractivity contribution is -0.108. The number of ketones is 1. The van der Waals surface area contributed by atoms with E-state index in [1.165, 1.54) is 6.08 Å². The van der Waals surface area contributed by atoms with E-state index in [1.807, 2.05) is 19.1 Å². The maximum absolute atomic E-state index is 11.3. The fourth-order valence-corrected chi connectivity index (χ4v) is 1.52. The Morgan fingerprint density at radius 2 is 2.07 bits per heavy atom. The summed E-state index contributed by atoms with van der Waals surface area (Å²) in [7, 11) is 0. The molecule has 1 aromatic carbocycles. The number of allylic oxidation sites excluding steroid dienone is 1. The summed E-state index contributed by atoms with van der Waals surface area (Å²) < 4.78 is 0. The molecule has 14 heavy (non-hydrogen) atoms. The predicted molar refractivity (Wildman–Crippen MR) is 53.5 cm³/mol. The number of nitrogens with zero attached hydrogens (tertiary/aromatic N) is 1. The van der Waals surface area contributed by atoms with E-state index in [2.05, 4.69) is 5.16 Å². The summed E-state index contributed by atoms with van der Waals surface area (Å²) in [5.74, 6) is -0.260. The second-order valence-electron chi connectivity index (χ2n) is 3.24. The lowest BCUT2D eigenvalue weighted by atomic mass is 9.93. The summed E-state index contributed by atoms with van der Waals surface area (Å²) in [4.78, 5) is 11.3. The van der Waals surface area contributed by atoms with Crippen molar-refractivity contribution in [1.29, 1.82) is 0 Å². The van der Waals surface area contributed by atoms with Gasteiger partial charge in [0.25, 0.3) is 0 Å². The number of carbonyl (C=O) groups is 1. The second kappa shape index (κ2) is 3.10. The van der Waals surface area contributed by atoms with Gasteiger partial charge in [-0.1, -0.05) is 35.0 Å². The first-order chi connectivity index (χ1) is 6.72. The molecule has 1 aliphatic carbocycles. The van der Waals surface area contributed by atoms with Crippen molar-refractivity contribution < 1.29 is 10.0 Å². The van der Waals surface area contributed by atoms with Gasteiger partial charge < -0.3 is 5.21 Å². The molecular weight excluding hydrogens is 178 g/mol. The van der Waals surface area contributed by atoms with Gasteiger partial charge in [0.05, 0.1) is 0 Å². The van der Waals surface area contributed by atoms with E-state index in [0.717, 1.165) is 11.1 Å². The largest absolute Gasteiger partial charge is 0.410 e. The van der Waals surface area contributed by atoms with Crippen LogP contribution in [-0.2, 0) is 4.79 Å². The average Bonchev–Trinajstić information content (AvgIpc) is 2.18. The highest BCUT2D eigenvalue weighted by Gasteiger charge is 2.18. The Morgan fingerprint density at radius 1 is 1.29 bits per heavy atom. The number of fused-ring (bicyclic) bond motifs is 1. The van der Waals surface area contributed by atoms with Crippen LogP contribution in [0.5, 0.6) is 0 Å². The molecule has 0 spiro atoms. The van der Waals surface area contributed by atoms with Crippen molar-refractivity contribution in [2.24, 2.45) is 5.16 Å². The smallest absolute Gasteiger partial charge is 0.208 e. The second-order valence-corrected chi connectivity index (χ2v) is 3.24. The molecule has 3 nitrogen and oxygen atoms in total. The lowest BCUT2D eigenvalue weighted by Gasteiger charge is -2.10. The molecule has 70 valence electrons. The van der Waals surface area contributed by atoms with Crippen LogP contribution < -0.4 is 0 Å². The molecule has 0 radical (unpaired) electrons. The number of hydrogen-bond acceptors (Lipinski definition) is 3. The van der Waals surface area contributed by atoms with Gasteiger partial charge in [0, 0.05) is 5.56 Å². The molecule has 1 N–H and O–H groups in total. The molecule has 0 bridgehead atoms. The van der Waals surface area contributed by atoms with Crippen molar-refractivity contribution in [2.75, 3.05) is 0 Å². The Kier molecular flexibility index (Phi) is 1.93. The molecule has 0 saturated heterocycles. The molecule has 0 fully saturated rings. The molecule has 0 unspecified atom stereocenters. The van der Waals surface area contributed by atoms with Crippen LogP contribution in [0.4, 0.5) is 0 Å². The Bertz CT molecular complexity index is 458. The average molecular weight is 187 g/mol. The highest BCUT2D eigenvalue weighted by Crippen LogP contribution is 2.19. The van der Waals surface area contributed by atoms with Crippen molar-refractivity contribution in [3.8, 4) is 0 Å². The molecule has 0 aliphatic heterocycles. The molecule has 0 amide bonds. The fraction of sp³-hybridized carbons (Fsp3) is 0.0909. The molecule has 2 rings (SSSR count). The van der Waals surface area contributed by atoms with Crippen LogP contribution in [0.1, 0.15) is 16.7 Å². The zero-order chi connectivity index (χ0) is 10.1. The van der Waals surface area contributed by atoms with E-state index < -0.39 is 0 Å². The fourth-order valence-electron chi connectivity index (χ4n) is 1.52. The number of hydrogen-bond donors (Lipinski definition) is 1. The van der Waals surface area contributed by atoms with Gasteiger partial charge in [-0.3, -0.25) is 4.79 Å². The van der Waals surface area contributed by atoms with Crippen molar-refractivity contribution in [2.45, 2.75) is 6.92 Å². The van der Waals surface area contributed by atoms with Crippen LogP contribution in [0.3, 0.4) is 0 Å². The van der Waals surface area contributed by atoms with Crippen LogP contribution in [0.25, 0.3) is 6.08 Å². The van der Waals surface area contributed by atoms with Crippen LogP contribution >= 0.6 is 0 Å². The first-order valence-electron chi connectivity index (χ1n) is 4.28. The normalized spacial score (nSPS) is 17.2. The van der Waals surface area contributed by atoms with E-state index in [9.17, 15) is 4.79 Å². The number of aryl methyl sites for hydroxylation is 1. The predicted octanol–water partition coefficient (Wildman–Crippen LogP) is 1.77. The zero-order valence-corrected chi connectivity index (χ0v) is 7.69. The Morgan fingerprint density at radius 3 is 2.79 bits per heavy atom. The van der Waals surface area contributed by atoms with Crippen LogP contribution in [0.2, 0.25) is 0 Å². The molecule has 0 heterocycles. The number of benzene rings is 1. The number of carbonyl (C=O) groups excluding carboxylic acids is 1. The third-order valence-electron chi connectivity index (χ3n) is 2.21. The minimum atomic E-state index is -0.260. The summed E-state index contributed by atoms with van der Waals surface area (Å²) in [6.45, 7) is 1.97. The monoisotopic (exact) mass is 187 g/mol. The van der Waals surface area contributed by atoms with E-state index in [4.69, 9.17) is 5.21 Å². The summed E-state index contributed by atoms with van der Waals surface area (Å²) in [5.41, 5.74) is 2.82. The van der Waals surface area contributed by atoms with Crippen LogP contribution in [0.15, 0.2) is 29.4 Å². The minimum absolute atomic E-state index is 0.113. The molecule has 0 aromatic heterocycles. The molecular formula is C11H9NO2. The van der Waals surface area contributed by atoms with Crippen LogP contribution in [-0.4, -0.2) is 16.7 Å². The first-order valence-corrected chi connectivity index (χ1v) is 4.28. The Balaban J connectivity index is 2.67. The standard InChI is InChI=1S/C11H9NO2/c1-7-2-4-9-8(6-7)3-5-10(13)11(9)12-14/h2-6,14H,1H3/b12-11-. The van der Waals surface area contributed by atoms with Gasteiger partial charge in [-0.05, 0) is 18.6 Å². The Hall–Kier alpha value is -1.90. The topological polar surface area (TPSA) is 49.7 Å². The van der Waals surface area contributed by atoms with Crippen molar-refractivity contribution in [3.05, 3.63) is 41.0 Å². The zero-order valence-electron chi connectivity index (χ0n) is 7.69. The lowest BCUT2D eigenvalue weighted by Crippen LogP contribution is -2.17. The van der Waals surface area contributed by atoms with E-state index >= 15 is 0 Å². The molecule has 1 aliphatic rings. The summed E-state index contributed by atoms with van der Waals surface area (Å²) >= 11 is 0. The highest BCUT2D eigenvalue weighted by atomic mass is 16.4. The van der Waals surface area contributed by atoms with Gasteiger partial charge in [-0.2, -0.15) is 0 Å². The van der Waals surface area contributed by atoms with E-state index in [0.29, 0.717) is 5.56 Å². The van der Waals surface area contributed by atoms with E-state index in [1.54, 1.807) is 12.1 Å². The SMILES string of the molecule is Cc1ccc2c(c1)C=CC(=O)/C2=N\O. The van der Waals surface area contributed by atoms with Gasteiger partial charge in [0.15, 0.2) is 5.71 Å². The van der Waals surface area contributed by atoms with Gasteiger partial charge >= 0.3 is 0 Å². The Labute approximate surface area is 81.4 Å². The van der Waals surface area contributed by atoms with Crippen LogP contribution in [0, 0.1) is 6.92 Å². The molecule has 1 aromatic rings. The first kappa shape index (κ1) is 8.69. The third-order valence-corrected chi connectivity index (χ3v) is 2.21. The quantitative estimate of drug-likeness (QED) is 0.497. The van der Waals surface area contributed by atoms with Crippen molar-refractivity contribution in [1.82, 2.24) is 0 Å². The summed E-state index contributed by atoms with van der Waals surface area (Å²) in [6.07, 6.45) is 3.15. The van der Waals surface area contributed by atoms with Gasteiger partial charge in [-0.25, -0.2) is 0 Å². The molecule has 0 saturated carbocycles. The molecule has 0 atom stereocenters. The van der Waals surface area contributed by atoms with Gasteiger partial charge in [0.2, 0.25) is 5.78 Å². The number of rotatable bonds is 0. The summed E-state index contributed by atoms with van der Waals surface area (Å²) in [5, 5.41) is 11.7. The van der Waals surface area contributed by atoms with Gasteiger partial charge in [0.1, 0.15) is 0 Å².